The summed E-state index contributed by atoms with van der Waals surface area (Å²) in [4.78, 5) is 11.7. The molecule has 1 aromatic rings. The molecule has 0 radical (unpaired) electrons. The van der Waals surface area contributed by atoms with Crippen LogP contribution >= 0.6 is 11.6 Å². The van der Waals surface area contributed by atoms with E-state index in [9.17, 15) is 4.79 Å². The highest BCUT2D eigenvalue weighted by Crippen LogP contribution is 2.19. The molecule has 108 valence electrons. The van der Waals surface area contributed by atoms with E-state index >= 15 is 0 Å². The Morgan fingerprint density at radius 2 is 2.05 bits per heavy atom. The van der Waals surface area contributed by atoms with Gasteiger partial charge in [0.05, 0.1) is 23.0 Å². The van der Waals surface area contributed by atoms with E-state index < -0.39 is 0 Å². The molecule has 0 aliphatic carbocycles. The number of hydrogen-bond acceptors (Lipinski definition) is 3. The topological polar surface area (TPSA) is 59.0 Å². The first-order valence-corrected chi connectivity index (χ1v) is 6.86. The van der Waals surface area contributed by atoms with Gasteiger partial charge >= 0.3 is 0 Å². The second-order valence-electron chi connectivity index (χ2n) is 5.56. The predicted molar refractivity (Wildman–Crippen MR) is 77.3 cm³/mol. The summed E-state index contributed by atoms with van der Waals surface area (Å²) in [6, 6.07) is 0. The molecule has 2 N–H and O–H groups in total. The van der Waals surface area contributed by atoms with E-state index in [-0.39, 0.29) is 18.0 Å². The van der Waals surface area contributed by atoms with E-state index in [1.807, 2.05) is 39.3 Å². The number of nitrogens with zero attached hydrogens (tertiary/aromatic N) is 2. The average molecular weight is 287 g/mol. The zero-order valence-corrected chi connectivity index (χ0v) is 13.1. The van der Waals surface area contributed by atoms with Gasteiger partial charge in [-0.25, -0.2) is 0 Å². The third-order valence-electron chi connectivity index (χ3n) is 2.55. The molecule has 0 aliphatic heterocycles. The predicted octanol–water partition coefficient (Wildman–Crippen LogP) is 1.87. The number of aryl methyl sites for hydroxylation is 2. The Labute approximate surface area is 119 Å². The van der Waals surface area contributed by atoms with Crippen LogP contribution in [-0.4, -0.2) is 27.8 Å². The van der Waals surface area contributed by atoms with Crippen molar-refractivity contribution in [1.82, 2.24) is 20.4 Å². The number of carbonyl (C=O) groups is 1. The fourth-order valence-corrected chi connectivity index (χ4v) is 2.00. The third-order valence-corrected chi connectivity index (χ3v) is 3.04. The Morgan fingerprint density at radius 3 is 2.58 bits per heavy atom. The quantitative estimate of drug-likeness (QED) is 0.869. The zero-order valence-electron chi connectivity index (χ0n) is 12.3. The molecule has 0 atom stereocenters. The van der Waals surface area contributed by atoms with Crippen molar-refractivity contribution in [2.75, 3.05) is 6.54 Å². The highest BCUT2D eigenvalue weighted by atomic mass is 35.5. The molecular formula is C13H23ClN4O. The second-order valence-corrected chi connectivity index (χ2v) is 5.94. The first kappa shape index (κ1) is 16.0. The number of nitrogens with one attached hydrogen (secondary N) is 2. The molecule has 1 amide bonds. The molecule has 1 heterocycles. The Morgan fingerprint density at radius 1 is 1.42 bits per heavy atom. The van der Waals surface area contributed by atoms with Gasteiger partial charge in [-0.15, -0.1) is 0 Å². The van der Waals surface area contributed by atoms with Gasteiger partial charge in [-0.1, -0.05) is 11.6 Å². The fourth-order valence-electron chi connectivity index (χ4n) is 1.79. The summed E-state index contributed by atoms with van der Waals surface area (Å²) in [5.41, 5.74) is 1.53. The van der Waals surface area contributed by atoms with Gasteiger partial charge in [0.15, 0.2) is 0 Å². The third kappa shape index (κ3) is 4.84. The van der Waals surface area contributed by atoms with Crippen LogP contribution in [0.2, 0.25) is 5.02 Å². The minimum absolute atomic E-state index is 0.0251. The standard InChI is InChI=1S/C13H23ClN4O/c1-6-18-10(12(14)9(2)17-18)7-15-8-11(19)16-13(3,4)5/h15H,6-8H2,1-5H3,(H,16,19). The zero-order chi connectivity index (χ0) is 14.6. The largest absolute Gasteiger partial charge is 0.350 e. The highest BCUT2D eigenvalue weighted by molar-refractivity contribution is 6.31. The van der Waals surface area contributed by atoms with Crippen molar-refractivity contribution in [2.24, 2.45) is 0 Å². The lowest BCUT2D eigenvalue weighted by Crippen LogP contribution is -2.44. The van der Waals surface area contributed by atoms with Crippen LogP contribution in [0.4, 0.5) is 0 Å². The highest BCUT2D eigenvalue weighted by Gasteiger charge is 2.15. The normalized spacial score (nSPS) is 11.7. The molecule has 6 heteroatoms. The number of rotatable bonds is 5. The average Bonchev–Trinajstić information content (AvgIpc) is 2.54. The maximum Gasteiger partial charge on any atom is 0.234 e. The Balaban J connectivity index is 2.52. The van der Waals surface area contributed by atoms with Crippen LogP contribution in [-0.2, 0) is 17.9 Å². The van der Waals surface area contributed by atoms with Gasteiger partial charge in [0.2, 0.25) is 5.91 Å². The second kappa shape index (κ2) is 6.39. The number of hydrogen-bond donors (Lipinski definition) is 2. The summed E-state index contributed by atoms with van der Waals surface area (Å²) in [5, 5.41) is 11.0. The summed E-state index contributed by atoms with van der Waals surface area (Å²) in [5.74, 6) is -0.0251. The van der Waals surface area contributed by atoms with E-state index in [2.05, 4.69) is 15.7 Å². The van der Waals surface area contributed by atoms with E-state index in [4.69, 9.17) is 11.6 Å². The van der Waals surface area contributed by atoms with Crippen LogP contribution in [0.15, 0.2) is 0 Å². The molecule has 0 unspecified atom stereocenters. The van der Waals surface area contributed by atoms with Crippen LogP contribution in [0.1, 0.15) is 39.1 Å². The van der Waals surface area contributed by atoms with Crippen molar-refractivity contribution in [3.8, 4) is 0 Å². The smallest absolute Gasteiger partial charge is 0.234 e. The molecule has 0 spiro atoms. The van der Waals surface area contributed by atoms with Crippen molar-refractivity contribution in [2.45, 2.75) is 53.2 Å². The maximum atomic E-state index is 11.7. The summed E-state index contributed by atoms with van der Waals surface area (Å²) in [6.07, 6.45) is 0. The summed E-state index contributed by atoms with van der Waals surface area (Å²) >= 11 is 6.19. The molecule has 1 aromatic heterocycles. The van der Waals surface area contributed by atoms with Gasteiger partial charge in [-0.3, -0.25) is 9.48 Å². The van der Waals surface area contributed by atoms with E-state index in [0.717, 1.165) is 17.9 Å². The van der Waals surface area contributed by atoms with Crippen LogP contribution in [0.25, 0.3) is 0 Å². The lowest BCUT2D eigenvalue weighted by molar-refractivity contribution is -0.121. The van der Waals surface area contributed by atoms with Gasteiger partial charge < -0.3 is 10.6 Å². The van der Waals surface area contributed by atoms with Crippen molar-refractivity contribution in [3.05, 3.63) is 16.4 Å². The molecule has 19 heavy (non-hydrogen) atoms. The molecule has 0 saturated carbocycles. The lowest BCUT2D eigenvalue weighted by Gasteiger charge is -2.20. The number of aromatic nitrogens is 2. The minimum atomic E-state index is -0.210. The van der Waals surface area contributed by atoms with Crippen LogP contribution in [0.5, 0.6) is 0 Å². The SMILES string of the molecule is CCn1nc(C)c(Cl)c1CNCC(=O)NC(C)(C)C. The molecular weight excluding hydrogens is 264 g/mol. The van der Waals surface area contributed by atoms with E-state index in [1.165, 1.54) is 0 Å². The molecule has 0 aromatic carbocycles. The molecule has 1 rings (SSSR count). The molecule has 5 nitrogen and oxygen atoms in total. The summed E-state index contributed by atoms with van der Waals surface area (Å²) < 4.78 is 1.85. The van der Waals surface area contributed by atoms with Crippen molar-refractivity contribution in [3.63, 3.8) is 0 Å². The number of amides is 1. The van der Waals surface area contributed by atoms with Gasteiger partial charge in [0.25, 0.3) is 0 Å². The summed E-state index contributed by atoms with van der Waals surface area (Å²) in [6.45, 7) is 11.3. The monoisotopic (exact) mass is 286 g/mol. The van der Waals surface area contributed by atoms with Gasteiger partial charge in [0.1, 0.15) is 0 Å². The van der Waals surface area contributed by atoms with Crippen molar-refractivity contribution < 1.29 is 4.79 Å². The number of halogens is 1. The Hall–Kier alpha value is -1.07. The number of carbonyl (C=O) groups excluding carboxylic acids is 1. The van der Waals surface area contributed by atoms with Gasteiger partial charge in [-0.05, 0) is 34.6 Å². The van der Waals surface area contributed by atoms with Gasteiger partial charge in [0, 0.05) is 18.6 Å². The van der Waals surface area contributed by atoms with E-state index in [0.29, 0.717) is 11.6 Å². The lowest BCUT2D eigenvalue weighted by atomic mass is 10.1. The van der Waals surface area contributed by atoms with E-state index in [1.54, 1.807) is 0 Å². The molecule has 0 bridgehead atoms. The first-order valence-electron chi connectivity index (χ1n) is 6.48. The molecule has 0 aliphatic rings. The molecule has 0 fully saturated rings. The van der Waals surface area contributed by atoms with Crippen LogP contribution in [0.3, 0.4) is 0 Å². The maximum absolute atomic E-state index is 11.7. The fraction of sp³-hybridized carbons (Fsp3) is 0.692. The van der Waals surface area contributed by atoms with Crippen molar-refractivity contribution in [1.29, 1.82) is 0 Å². The van der Waals surface area contributed by atoms with Gasteiger partial charge in [-0.2, -0.15) is 5.10 Å². The van der Waals surface area contributed by atoms with Crippen LogP contribution in [0, 0.1) is 6.92 Å². The Bertz CT molecular complexity index is 448. The molecule has 0 saturated heterocycles. The van der Waals surface area contributed by atoms with Crippen molar-refractivity contribution >= 4 is 17.5 Å². The summed E-state index contributed by atoms with van der Waals surface area (Å²) in [7, 11) is 0. The minimum Gasteiger partial charge on any atom is -0.350 e. The Kier molecular flexibility index (Phi) is 5.38. The first-order chi connectivity index (χ1) is 8.74. The van der Waals surface area contributed by atoms with Crippen LogP contribution < -0.4 is 10.6 Å².